The molecule has 0 aliphatic heterocycles. The molecule has 0 aliphatic carbocycles. The van der Waals surface area contributed by atoms with Gasteiger partial charge in [-0.2, -0.15) is 13.2 Å². The Morgan fingerprint density at radius 2 is 1.44 bits per heavy atom. The van der Waals surface area contributed by atoms with Crippen LogP contribution in [0.15, 0.2) is 79.0 Å². The average Bonchev–Trinajstić information content (AvgIpc) is 3.01. The number of nitrogens with zero attached hydrogens (tertiary/aromatic N) is 1. The highest BCUT2D eigenvalue weighted by atomic mass is 19.4. The van der Waals surface area contributed by atoms with E-state index in [-0.39, 0.29) is 31.8 Å². The van der Waals surface area contributed by atoms with E-state index in [1.165, 1.54) is 0 Å². The van der Waals surface area contributed by atoms with E-state index in [4.69, 9.17) is 9.90 Å². The van der Waals surface area contributed by atoms with Crippen LogP contribution in [0.5, 0.6) is 0 Å². The molecule has 2 amide bonds. The van der Waals surface area contributed by atoms with Gasteiger partial charge in [-0.05, 0) is 48.1 Å². The third kappa shape index (κ3) is 13.9. The maximum atomic E-state index is 13.0. The van der Waals surface area contributed by atoms with Crippen LogP contribution in [-0.4, -0.2) is 69.4 Å². The summed E-state index contributed by atoms with van der Waals surface area (Å²) in [5.74, 6) is -3.90. The summed E-state index contributed by atoms with van der Waals surface area (Å²) in [5.41, 5.74) is 2.63. The average molecular weight is 633 g/mol. The van der Waals surface area contributed by atoms with E-state index in [9.17, 15) is 37.8 Å². The number of aliphatic hydroxyl groups is 1. The minimum atomic E-state index is -5.08. The van der Waals surface area contributed by atoms with Gasteiger partial charge >= 0.3 is 18.1 Å². The van der Waals surface area contributed by atoms with Crippen molar-refractivity contribution in [3.05, 3.63) is 84.6 Å². The van der Waals surface area contributed by atoms with Crippen LogP contribution in [0.3, 0.4) is 0 Å². The number of carboxylic acid groups (broad SMARTS) is 2. The molecule has 14 heteroatoms. The SMILES string of the molecule is O=C(O)C(F)(F)F.O=C(O)CC(NC(=O)[C@H](CCO)NC(=O)CCCCNc1ccccn1)c1ccc(-c2ccccc2)cc1. The first-order chi connectivity index (χ1) is 21.4. The van der Waals surface area contributed by atoms with Gasteiger partial charge in [-0.3, -0.25) is 14.4 Å². The van der Waals surface area contributed by atoms with Crippen LogP contribution < -0.4 is 16.0 Å². The third-order valence-electron chi connectivity index (χ3n) is 6.23. The predicted molar refractivity (Wildman–Crippen MR) is 159 cm³/mol. The van der Waals surface area contributed by atoms with E-state index in [1.54, 1.807) is 18.3 Å². The number of carbonyl (C=O) groups is 4. The number of hydrogen-bond acceptors (Lipinski definition) is 7. The second-order valence-corrected chi connectivity index (χ2v) is 9.68. The largest absolute Gasteiger partial charge is 0.490 e. The lowest BCUT2D eigenvalue weighted by molar-refractivity contribution is -0.192. The molecule has 2 atom stereocenters. The minimum Gasteiger partial charge on any atom is -0.481 e. The van der Waals surface area contributed by atoms with Gasteiger partial charge in [0.05, 0.1) is 12.5 Å². The summed E-state index contributed by atoms with van der Waals surface area (Å²) in [7, 11) is 0. The van der Waals surface area contributed by atoms with Gasteiger partial charge in [0.2, 0.25) is 11.8 Å². The van der Waals surface area contributed by atoms with Crippen LogP contribution in [0.1, 0.15) is 43.7 Å². The van der Waals surface area contributed by atoms with Gasteiger partial charge in [0.1, 0.15) is 11.9 Å². The van der Waals surface area contributed by atoms with Crippen molar-refractivity contribution in [2.45, 2.75) is 50.4 Å². The number of carboxylic acids is 2. The zero-order valence-electron chi connectivity index (χ0n) is 24.2. The number of amides is 2. The molecule has 6 N–H and O–H groups in total. The number of rotatable bonds is 15. The number of aliphatic hydroxyl groups excluding tert-OH is 1. The van der Waals surface area contributed by atoms with E-state index in [0.29, 0.717) is 18.5 Å². The number of aromatic nitrogens is 1. The molecule has 1 aromatic heterocycles. The predicted octanol–water partition coefficient (Wildman–Crippen LogP) is 4.16. The molecule has 0 fully saturated rings. The van der Waals surface area contributed by atoms with Gasteiger partial charge in [-0.15, -0.1) is 0 Å². The molecule has 1 unspecified atom stereocenters. The number of aliphatic carboxylic acids is 2. The fourth-order valence-electron chi connectivity index (χ4n) is 4.00. The molecule has 1 heterocycles. The fourth-order valence-corrected chi connectivity index (χ4v) is 4.00. The number of alkyl halides is 3. The number of unbranched alkanes of at least 4 members (excludes halogenated alkanes) is 1. The molecule has 0 saturated carbocycles. The van der Waals surface area contributed by atoms with E-state index in [1.807, 2.05) is 60.7 Å². The highest BCUT2D eigenvalue weighted by Crippen LogP contribution is 2.24. The first-order valence-corrected chi connectivity index (χ1v) is 13.9. The summed E-state index contributed by atoms with van der Waals surface area (Å²) in [6.07, 6.45) is -2.12. The normalized spacial score (nSPS) is 12.1. The quantitative estimate of drug-likeness (QED) is 0.134. The van der Waals surface area contributed by atoms with Crippen LogP contribution in [0.25, 0.3) is 11.1 Å². The molecule has 3 aromatic rings. The molecular weight excluding hydrogens is 597 g/mol. The zero-order chi connectivity index (χ0) is 33.2. The Balaban J connectivity index is 0.000000900. The minimum absolute atomic E-state index is 0.0194. The van der Waals surface area contributed by atoms with Gasteiger partial charge in [0.25, 0.3) is 0 Å². The molecule has 0 saturated heterocycles. The van der Waals surface area contributed by atoms with Gasteiger partial charge in [0, 0.05) is 25.8 Å². The van der Waals surface area contributed by atoms with Crippen LogP contribution in [0, 0.1) is 0 Å². The lowest BCUT2D eigenvalue weighted by atomic mass is 9.98. The maximum Gasteiger partial charge on any atom is 0.490 e. The molecule has 0 bridgehead atoms. The monoisotopic (exact) mass is 632 g/mol. The number of nitrogens with one attached hydrogen (secondary N) is 3. The van der Waals surface area contributed by atoms with Gasteiger partial charge in [-0.1, -0.05) is 60.7 Å². The van der Waals surface area contributed by atoms with Crippen molar-refractivity contribution in [3.63, 3.8) is 0 Å². The van der Waals surface area contributed by atoms with Crippen molar-refractivity contribution in [3.8, 4) is 11.1 Å². The molecule has 0 spiro atoms. The first-order valence-electron chi connectivity index (χ1n) is 13.9. The van der Waals surface area contributed by atoms with Crippen LogP contribution in [0.4, 0.5) is 19.0 Å². The number of benzene rings is 2. The Labute approximate surface area is 257 Å². The molecule has 0 radical (unpaired) electrons. The Kier molecular flexibility index (Phi) is 15.0. The van der Waals surface area contributed by atoms with Gasteiger partial charge < -0.3 is 31.3 Å². The van der Waals surface area contributed by atoms with E-state index < -0.39 is 36.1 Å². The van der Waals surface area contributed by atoms with Crippen LogP contribution in [0.2, 0.25) is 0 Å². The molecule has 2 aromatic carbocycles. The number of hydrogen-bond donors (Lipinski definition) is 6. The number of anilines is 1. The zero-order valence-corrected chi connectivity index (χ0v) is 24.2. The summed E-state index contributed by atoms with van der Waals surface area (Å²) in [6, 6.07) is 20.9. The fraction of sp³-hybridized carbons (Fsp3) is 0.323. The molecule has 11 nitrogen and oxygen atoms in total. The summed E-state index contributed by atoms with van der Waals surface area (Å²) in [6.45, 7) is 0.354. The lowest BCUT2D eigenvalue weighted by Gasteiger charge is -2.23. The van der Waals surface area contributed by atoms with E-state index >= 15 is 0 Å². The Bertz CT molecular complexity index is 1360. The summed E-state index contributed by atoms with van der Waals surface area (Å²) < 4.78 is 31.7. The number of carbonyl (C=O) groups excluding carboxylic acids is 2. The third-order valence-corrected chi connectivity index (χ3v) is 6.23. The topological polar surface area (TPSA) is 178 Å². The first kappa shape index (κ1) is 36.2. The van der Waals surface area contributed by atoms with Crippen molar-refractivity contribution in [1.29, 1.82) is 0 Å². The van der Waals surface area contributed by atoms with Crippen molar-refractivity contribution in [2.24, 2.45) is 0 Å². The van der Waals surface area contributed by atoms with Crippen molar-refractivity contribution < 1.29 is 47.7 Å². The van der Waals surface area contributed by atoms with Crippen molar-refractivity contribution >= 4 is 29.6 Å². The van der Waals surface area contributed by atoms with Crippen molar-refractivity contribution in [2.75, 3.05) is 18.5 Å². The van der Waals surface area contributed by atoms with Crippen LogP contribution >= 0.6 is 0 Å². The van der Waals surface area contributed by atoms with Gasteiger partial charge in [0.15, 0.2) is 0 Å². The molecule has 0 aliphatic rings. The standard InChI is InChI=1S/C29H34N4O5.C2HF3O2/c34-19-16-24(32-27(35)11-5-7-18-31-26-10-4-6-17-30-26)29(38)33-25(20-28(36)37)23-14-12-22(13-15-23)21-8-2-1-3-9-21;3-2(4,5)1(6)7/h1-4,6,8-10,12-15,17,24-25,34H,5,7,11,16,18-20H2,(H,30,31)(H,32,35)(H,33,38)(H,36,37);(H,6,7)/t24-,25?;/m0./s1. The summed E-state index contributed by atoms with van der Waals surface area (Å²) in [4.78, 5) is 50.1. The van der Waals surface area contributed by atoms with Gasteiger partial charge in [-0.25, -0.2) is 9.78 Å². The van der Waals surface area contributed by atoms with E-state index in [0.717, 1.165) is 23.4 Å². The molecule has 45 heavy (non-hydrogen) atoms. The molecule has 3 rings (SSSR count). The lowest BCUT2D eigenvalue weighted by Crippen LogP contribution is -2.48. The highest BCUT2D eigenvalue weighted by Gasteiger charge is 2.38. The second-order valence-electron chi connectivity index (χ2n) is 9.68. The summed E-state index contributed by atoms with van der Waals surface area (Å²) in [5, 5.41) is 34.6. The number of pyridine rings is 1. The highest BCUT2D eigenvalue weighted by molar-refractivity contribution is 5.88. The van der Waals surface area contributed by atoms with E-state index in [2.05, 4.69) is 20.9 Å². The summed E-state index contributed by atoms with van der Waals surface area (Å²) >= 11 is 0. The maximum absolute atomic E-state index is 13.0. The Hall–Kier alpha value is -4.98. The second kappa shape index (κ2) is 18.6. The molecular formula is C31H35F3N4O7. The smallest absolute Gasteiger partial charge is 0.481 e. The number of halogens is 3. The van der Waals surface area contributed by atoms with Crippen molar-refractivity contribution in [1.82, 2.24) is 15.6 Å². The van der Waals surface area contributed by atoms with Crippen LogP contribution in [-0.2, 0) is 19.2 Å². The Morgan fingerprint density at radius 3 is 2.00 bits per heavy atom. The Morgan fingerprint density at radius 1 is 0.822 bits per heavy atom. The molecule has 242 valence electrons.